The Balaban J connectivity index is 1.78. The fourth-order valence-electron chi connectivity index (χ4n) is 2.61. The third-order valence-corrected chi connectivity index (χ3v) is 7.19. The van der Waals surface area contributed by atoms with Crippen LogP contribution in [0, 0.1) is 6.92 Å². The van der Waals surface area contributed by atoms with Gasteiger partial charge in [0.25, 0.3) is 10.0 Å². The number of ketones is 1. The maximum atomic E-state index is 12.7. The number of hydrogen-bond acceptors (Lipinski definition) is 7. The van der Waals surface area contributed by atoms with Gasteiger partial charge in [-0.3, -0.25) is 14.3 Å². The summed E-state index contributed by atoms with van der Waals surface area (Å²) in [5.74, 6) is 0.0587. The number of carbonyl (C=O) groups is 2. The third-order valence-electron chi connectivity index (χ3n) is 4.26. The highest BCUT2D eigenvalue weighted by Crippen LogP contribution is 2.28. The fourth-order valence-corrected chi connectivity index (χ4v) is 4.89. The van der Waals surface area contributed by atoms with Crippen molar-refractivity contribution >= 4 is 56.6 Å². The molecule has 1 aromatic carbocycles. The van der Waals surface area contributed by atoms with E-state index in [0.29, 0.717) is 39.7 Å². The summed E-state index contributed by atoms with van der Waals surface area (Å²) < 4.78 is 33.2. The summed E-state index contributed by atoms with van der Waals surface area (Å²) in [7, 11) is -3.81. The summed E-state index contributed by atoms with van der Waals surface area (Å²) in [6.07, 6.45) is 3.63. The first-order valence-corrected chi connectivity index (χ1v) is 11.7. The topological polar surface area (TPSA) is 118 Å². The highest BCUT2D eigenvalue weighted by atomic mass is 32.2. The number of aryl methyl sites for hydroxylation is 1. The minimum Gasteiger partial charge on any atom is -0.354 e. The average molecular weight is 460 g/mol. The fraction of sp³-hybridized carbons (Fsp3) is 0.190. The molecule has 8 nitrogen and oxygen atoms in total. The van der Waals surface area contributed by atoms with Crippen LogP contribution in [-0.4, -0.2) is 25.3 Å². The number of Topliss-reactive ketones (excluding diaryl/α,β-unsaturated/α-hetero) is 1. The van der Waals surface area contributed by atoms with Gasteiger partial charge in [-0.1, -0.05) is 24.2 Å². The Labute approximate surface area is 184 Å². The molecule has 10 heteroatoms. The van der Waals surface area contributed by atoms with Crippen molar-refractivity contribution < 1.29 is 22.5 Å². The number of amides is 1. The summed E-state index contributed by atoms with van der Waals surface area (Å²) in [5, 5.41) is 6.60. The first kappa shape index (κ1) is 22.4. The molecular weight excluding hydrogens is 438 g/mol. The van der Waals surface area contributed by atoms with E-state index in [1.54, 1.807) is 50.3 Å². The Morgan fingerprint density at radius 2 is 1.97 bits per heavy atom. The molecule has 2 aromatic heterocycles. The Hall–Kier alpha value is -3.24. The summed E-state index contributed by atoms with van der Waals surface area (Å²) in [6, 6.07) is 9.47. The summed E-state index contributed by atoms with van der Waals surface area (Å²) in [4.78, 5) is 23.9. The first-order valence-electron chi connectivity index (χ1n) is 9.37. The standard InChI is InChI=1S/C21H21N3O5S2/c1-4-19(26)22-21-13(2)23-29-18(21)10-8-17-9-11-20(30-17)31(27,28)24-16-7-5-6-15(12-16)14(3)25/h5-12,24H,4H2,1-3H3,(H,22,26)/b10-8+. The van der Waals surface area contributed by atoms with E-state index in [4.69, 9.17) is 4.52 Å². The quantitative estimate of drug-likeness (QED) is 0.477. The van der Waals surface area contributed by atoms with E-state index in [1.807, 2.05) is 0 Å². The Morgan fingerprint density at radius 1 is 1.19 bits per heavy atom. The second kappa shape index (κ2) is 9.27. The average Bonchev–Trinajstić information content (AvgIpc) is 3.34. The number of benzene rings is 1. The number of anilines is 2. The summed E-state index contributed by atoms with van der Waals surface area (Å²) in [5.41, 5.74) is 1.77. The van der Waals surface area contributed by atoms with Crippen molar-refractivity contribution in [3.8, 4) is 0 Å². The molecule has 3 rings (SSSR count). The molecule has 2 N–H and O–H groups in total. The van der Waals surface area contributed by atoms with Gasteiger partial charge in [0.15, 0.2) is 11.5 Å². The number of nitrogens with one attached hydrogen (secondary N) is 2. The lowest BCUT2D eigenvalue weighted by molar-refractivity contribution is -0.115. The van der Waals surface area contributed by atoms with Crippen LogP contribution >= 0.6 is 11.3 Å². The maximum Gasteiger partial charge on any atom is 0.271 e. The molecule has 0 saturated carbocycles. The molecule has 0 aliphatic rings. The van der Waals surface area contributed by atoms with Gasteiger partial charge in [0.2, 0.25) is 5.91 Å². The highest BCUT2D eigenvalue weighted by molar-refractivity contribution is 7.94. The summed E-state index contributed by atoms with van der Waals surface area (Å²) in [6.45, 7) is 4.88. The summed E-state index contributed by atoms with van der Waals surface area (Å²) >= 11 is 1.07. The Morgan fingerprint density at radius 3 is 2.68 bits per heavy atom. The SMILES string of the molecule is CCC(=O)Nc1c(C)noc1/C=C/c1ccc(S(=O)(=O)Nc2cccc(C(C)=O)c2)s1. The van der Waals surface area contributed by atoms with Crippen molar-refractivity contribution in [2.75, 3.05) is 10.0 Å². The van der Waals surface area contributed by atoms with Gasteiger partial charge in [0, 0.05) is 22.5 Å². The number of carbonyl (C=O) groups excluding carboxylic acids is 2. The molecule has 0 fully saturated rings. The van der Waals surface area contributed by atoms with E-state index in [0.717, 1.165) is 11.3 Å². The molecule has 0 aliphatic carbocycles. The molecule has 0 aliphatic heterocycles. The number of rotatable bonds is 8. The van der Waals surface area contributed by atoms with Gasteiger partial charge >= 0.3 is 0 Å². The van der Waals surface area contributed by atoms with Crippen molar-refractivity contribution in [3.05, 3.63) is 58.3 Å². The number of aromatic nitrogens is 1. The number of nitrogens with zero attached hydrogens (tertiary/aromatic N) is 1. The zero-order valence-electron chi connectivity index (χ0n) is 17.1. The molecule has 0 spiro atoms. The van der Waals surface area contributed by atoms with Gasteiger partial charge < -0.3 is 9.84 Å². The molecule has 0 unspecified atom stereocenters. The van der Waals surface area contributed by atoms with Crippen LogP contribution in [0.2, 0.25) is 0 Å². The third kappa shape index (κ3) is 5.47. The molecule has 0 bridgehead atoms. The number of sulfonamides is 1. The van der Waals surface area contributed by atoms with Crippen LogP contribution in [0.1, 0.15) is 47.0 Å². The van der Waals surface area contributed by atoms with Crippen molar-refractivity contribution in [3.63, 3.8) is 0 Å². The molecule has 1 amide bonds. The van der Waals surface area contributed by atoms with E-state index in [1.165, 1.54) is 19.1 Å². The molecule has 3 aromatic rings. The largest absolute Gasteiger partial charge is 0.354 e. The normalized spacial score (nSPS) is 11.6. The molecule has 162 valence electrons. The zero-order chi connectivity index (χ0) is 22.6. The van der Waals surface area contributed by atoms with Crippen LogP contribution in [0.25, 0.3) is 12.2 Å². The van der Waals surface area contributed by atoms with E-state index >= 15 is 0 Å². The van der Waals surface area contributed by atoms with Crippen molar-refractivity contribution in [1.82, 2.24) is 5.16 Å². The van der Waals surface area contributed by atoms with Gasteiger partial charge in [-0.15, -0.1) is 11.3 Å². The van der Waals surface area contributed by atoms with Crippen molar-refractivity contribution in [1.29, 1.82) is 0 Å². The molecule has 0 saturated heterocycles. The number of hydrogen-bond donors (Lipinski definition) is 2. The molecular formula is C21H21N3O5S2. The smallest absolute Gasteiger partial charge is 0.271 e. The second-order valence-electron chi connectivity index (χ2n) is 6.64. The minimum absolute atomic E-state index is 0.119. The van der Waals surface area contributed by atoms with Crippen LogP contribution in [0.5, 0.6) is 0 Å². The Bertz CT molecular complexity index is 1260. The van der Waals surface area contributed by atoms with Gasteiger partial charge in [-0.2, -0.15) is 0 Å². The predicted octanol–water partition coefficient (Wildman–Crippen LogP) is 4.57. The molecule has 0 atom stereocenters. The van der Waals surface area contributed by atoms with E-state index < -0.39 is 10.0 Å². The first-order chi connectivity index (χ1) is 14.7. The molecule has 2 heterocycles. The number of thiophene rings is 1. The Kier molecular flexibility index (Phi) is 6.71. The molecule has 31 heavy (non-hydrogen) atoms. The predicted molar refractivity (Wildman–Crippen MR) is 121 cm³/mol. The van der Waals surface area contributed by atoms with Crippen molar-refractivity contribution in [2.45, 2.75) is 31.4 Å². The van der Waals surface area contributed by atoms with Crippen LogP contribution in [0.3, 0.4) is 0 Å². The lowest BCUT2D eigenvalue weighted by atomic mass is 10.1. The molecule has 0 radical (unpaired) electrons. The van der Waals surface area contributed by atoms with Gasteiger partial charge in [-0.25, -0.2) is 8.42 Å². The van der Waals surface area contributed by atoms with Gasteiger partial charge in [-0.05, 0) is 50.3 Å². The van der Waals surface area contributed by atoms with Crippen molar-refractivity contribution in [2.24, 2.45) is 0 Å². The zero-order valence-corrected chi connectivity index (χ0v) is 18.8. The van der Waals surface area contributed by atoms with Gasteiger partial charge in [0.05, 0.1) is 0 Å². The van der Waals surface area contributed by atoms with E-state index in [2.05, 4.69) is 15.2 Å². The second-order valence-corrected chi connectivity index (χ2v) is 9.67. The van der Waals surface area contributed by atoms with Gasteiger partial charge in [0.1, 0.15) is 15.6 Å². The maximum absolute atomic E-state index is 12.7. The lowest BCUT2D eigenvalue weighted by Crippen LogP contribution is -2.11. The monoisotopic (exact) mass is 459 g/mol. The van der Waals surface area contributed by atoms with Crippen LogP contribution in [-0.2, 0) is 14.8 Å². The van der Waals surface area contributed by atoms with Crippen LogP contribution in [0.4, 0.5) is 11.4 Å². The van der Waals surface area contributed by atoms with Crippen LogP contribution in [0.15, 0.2) is 45.1 Å². The van der Waals surface area contributed by atoms with E-state index in [9.17, 15) is 18.0 Å². The minimum atomic E-state index is -3.81. The van der Waals surface area contributed by atoms with E-state index in [-0.39, 0.29) is 15.9 Å². The highest BCUT2D eigenvalue weighted by Gasteiger charge is 2.18. The van der Waals surface area contributed by atoms with Crippen LogP contribution < -0.4 is 10.0 Å². The lowest BCUT2D eigenvalue weighted by Gasteiger charge is -2.07.